The van der Waals surface area contributed by atoms with E-state index in [0.717, 1.165) is 25.2 Å². The number of hydrogen-bond acceptors (Lipinski definition) is 4. The van der Waals surface area contributed by atoms with Gasteiger partial charge in [0.2, 0.25) is 0 Å². The van der Waals surface area contributed by atoms with E-state index in [4.69, 9.17) is 10.3 Å². The van der Waals surface area contributed by atoms with Crippen LogP contribution < -0.4 is 4.90 Å². The first kappa shape index (κ1) is 18.0. The van der Waals surface area contributed by atoms with Crippen molar-refractivity contribution in [2.24, 2.45) is 5.11 Å². The molecule has 25 heavy (non-hydrogen) atoms. The molecule has 0 N–H and O–H groups in total. The van der Waals surface area contributed by atoms with Crippen LogP contribution in [0, 0.1) is 0 Å². The van der Waals surface area contributed by atoms with Crippen molar-refractivity contribution in [3.63, 3.8) is 0 Å². The Morgan fingerprint density at radius 2 is 2.08 bits per heavy atom. The number of fused-ring (bicyclic) bond motifs is 1. The largest absolute Gasteiger partial charge is 0.376 e. The Morgan fingerprint density at radius 3 is 2.76 bits per heavy atom. The molecule has 2 heterocycles. The summed E-state index contributed by atoms with van der Waals surface area (Å²) >= 11 is 0. The Bertz CT molecular complexity index is 604. The van der Waals surface area contributed by atoms with Gasteiger partial charge in [0.15, 0.2) is 0 Å². The lowest BCUT2D eigenvalue weighted by Gasteiger charge is -2.45. The van der Waals surface area contributed by atoms with Gasteiger partial charge in [0.05, 0.1) is 12.1 Å². The molecule has 6 nitrogen and oxygen atoms in total. The van der Waals surface area contributed by atoms with Crippen molar-refractivity contribution in [1.82, 2.24) is 4.90 Å². The predicted molar refractivity (Wildman–Crippen MR) is 96.5 cm³/mol. The molecular weight excluding hydrogens is 321 g/mol. The van der Waals surface area contributed by atoms with Crippen molar-refractivity contribution >= 4 is 5.69 Å². The van der Waals surface area contributed by atoms with Gasteiger partial charge in [-0.15, -0.1) is 0 Å². The highest BCUT2D eigenvalue weighted by Crippen LogP contribution is 2.28. The lowest BCUT2D eigenvalue weighted by atomic mass is 9.98. The van der Waals surface area contributed by atoms with Gasteiger partial charge in [-0.05, 0) is 42.6 Å². The predicted octanol–water partition coefficient (Wildman–Crippen LogP) is 3.70. The van der Waals surface area contributed by atoms with Gasteiger partial charge in [-0.3, -0.25) is 9.29 Å². The molecule has 2 saturated heterocycles. The first-order valence-corrected chi connectivity index (χ1v) is 8.98. The lowest BCUT2D eigenvalue weighted by molar-refractivity contribution is 0.0722. The summed E-state index contributed by atoms with van der Waals surface area (Å²) in [5, 5.41) is 3.51. The van der Waals surface area contributed by atoms with Crippen LogP contribution in [-0.4, -0.2) is 56.9 Å². The molecule has 2 fully saturated rings. The van der Waals surface area contributed by atoms with Gasteiger partial charge in [-0.25, -0.2) is 0 Å². The molecule has 0 aromatic heterocycles. The molecule has 0 saturated carbocycles. The first-order valence-electron chi connectivity index (χ1n) is 8.98. The third-order valence-electron chi connectivity index (χ3n) is 5.39. The van der Waals surface area contributed by atoms with E-state index in [-0.39, 0.29) is 0 Å². The summed E-state index contributed by atoms with van der Waals surface area (Å²) in [7, 11) is 1.51. The van der Waals surface area contributed by atoms with Gasteiger partial charge in [-0.1, -0.05) is 23.7 Å². The summed E-state index contributed by atoms with van der Waals surface area (Å²) in [4.78, 5) is 7.76. The van der Waals surface area contributed by atoms with Gasteiger partial charge < -0.3 is 9.64 Å². The topological polar surface area (TPSA) is 64.5 Å². The zero-order valence-corrected chi connectivity index (χ0v) is 14.7. The standard InChI is InChI=1S/C18H26FN5O/c1-25-18(17(12-19)21-22-20)14-5-7-15(8-6-14)24-11-10-23-9-3-2-4-16(23)13-24/h5-8,16-18H,2-4,9-13H2,1H3/t16-,17-,18-/m1/s1. The normalized spacial score (nSPS) is 23.4. The van der Waals surface area contributed by atoms with Crippen molar-refractivity contribution in [3.8, 4) is 0 Å². The highest BCUT2D eigenvalue weighted by Gasteiger charge is 2.29. The van der Waals surface area contributed by atoms with E-state index in [2.05, 4.69) is 32.0 Å². The Morgan fingerprint density at radius 1 is 1.28 bits per heavy atom. The Kier molecular flexibility index (Phi) is 6.13. The Labute approximate surface area is 148 Å². The lowest BCUT2D eigenvalue weighted by Crippen LogP contribution is -2.54. The molecule has 0 radical (unpaired) electrons. The molecule has 3 rings (SSSR count). The second-order valence-corrected chi connectivity index (χ2v) is 6.81. The van der Waals surface area contributed by atoms with E-state index in [1.165, 1.54) is 38.6 Å². The van der Waals surface area contributed by atoms with Crippen LogP contribution in [-0.2, 0) is 4.74 Å². The molecule has 1 aromatic carbocycles. The maximum atomic E-state index is 13.1. The molecular formula is C18H26FN5O. The van der Waals surface area contributed by atoms with Gasteiger partial charge in [0.25, 0.3) is 0 Å². The third kappa shape index (κ3) is 4.06. The van der Waals surface area contributed by atoms with Gasteiger partial charge in [0, 0.05) is 43.4 Å². The number of nitrogens with zero attached hydrogens (tertiary/aromatic N) is 5. The van der Waals surface area contributed by atoms with E-state index in [9.17, 15) is 4.39 Å². The van der Waals surface area contributed by atoms with E-state index in [1.54, 1.807) is 0 Å². The molecule has 3 atom stereocenters. The maximum absolute atomic E-state index is 13.1. The Balaban J connectivity index is 1.70. The molecule has 2 aliphatic heterocycles. The van der Waals surface area contributed by atoms with Crippen molar-refractivity contribution < 1.29 is 9.13 Å². The molecule has 1 aromatic rings. The average molecular weight is 347 g/mol. The van der Waals surface area contributed by atoms with Crippen LogP contribution >= 0.6 is 0 Å². The summed E-state index contributed by atoms with van der Waals surface area (Å²) in [6, 6.07) is 7.84. The molecule has 2 aliphatic rings. The minimum atomic E-state index is -0.841. The van der Waals surface area contributed by atoms with Crippen molar-refractivity contribution in [1.29, 1.82) is 0 Å². The summed E-state index contributed by atoms with van der Waals surface area (Å²) in [5.74, 6) is 0. The molecule has 0 aliphatic carbocycles. The fourth-order valence-electron chi connectivity index (χ4n) is 4.02. The number of piperidine rings is 1. The highest BCUT2D eigenvalue weighted by molar-refractivity contribution is 5.49. The van der Waals surface area contributed by atoms with E-state index in [1.807, 2.05) is 12.1 Å². The summed E-state index contributed by atoms with van der Waals surface area (Å²) in [5.41, 5.74) is 10.6. The number of alkyl halides is 1. The van der Waals surface area contributed by atoms with Crippen LogP contribution in [0.2, 0.25) is 0 Å². The minimum absolute atomic E-state index is 0.565. The first-order chi connectivity index (χ1) is 12.3. The van der Waals surface area contributed by atoms with Crippen LogP contribution in [0.5, 0.6) is 0 Å². The summed E-state index contributed by atoms with van der Waals surface area (Å²) < 4.78 is 18.5. The minimum Gasteiger partial charge on any atom is -0.376 e. The highest BCUT2D eigenvalue weighted by atomic mass is 19.1. The van der Waals surface area contributed by atoms with Gasteiger partial charge in [-0.2, -0.15) is 0 Å². The molecule has 0 amide bonds. The zero-order chi connectivity index (χ0) is 17.6. The molecule has 0 bridgehead atoms. The zero-order valence-electron chi connectivity index (χ0n) is 14.7. The number of anilines is 1. The second-order valence-electron chi connectivity index (χ2n) is 6.81. The van der Waals surface area contributed by atoms with Crippen molar-refractivity contribution in [2.45, 2.75) is 37.5 Å². The third-order valence-corrected chi connectivity index (χ3v) is 5.39. The number of hydrogen-bond donors (Lipinski definition) is 0. The number of ether oxygens (including phenoxy) is 1. The van der Waals surface area contributed by atoms with Crippen LogP contribution in [0.4, 0.5) is 10.1 Å². The van der Waals surface area contributed by atoms with Crippen LogP contribution in [0.3, 0.4) is 0 Å². The fourth-order valence-corrected chi connectivity index (χ4v) is 4.02. The molecule has 0 spiro atoms. The van der Waals surface area contributed by atoms with E-state index >= 15 is 0 Å². The maximum Gasteiger partial charge on any atom is 0.101 e. The number of azide groups is 1. The average Bonchev–Trinajstić information content (AvgIpc) is 2.68. The SMILES string of the molecule is CO[C@H](c1ccc(N2CCN3CCCC[C@@H]3C2)cc1)[C@@H](CF)N=[N+]=[N-]. The van der Waals surface area contributed by atoms with Crippen molar-refractivity contribution in [3.05, 3.63) is 40.3 Å². The van der Waals surface area contributed by atoms with Gasteiger partial charge >= 0.3 is 0 Å². The number of rotatable bonds is 6. The number of piperazine rings is 1. The quantitative estimate of drug-likeness (QED) is 0.448. The van der Waals surface area contributed by atoms with Crippen LogP contribution in [0.1, 0.15) is 30.9 Å². The summed E-state index contributed by atoms with van der Waals surface area (Å²) in [6.45, 7) is 3.72. The van der Waals surface area contributed by atoms with E-state index < -0.39 is 18.8 Å². The second kappa shape index (κ2) is 8.52. The number of methoxy groups -OCH3 is 1. The fraction of sp³-hybridized carbons (Fsp3) is 0.667. The molecule has 136 valence electrons. The molecule has 0 unspecified atom stereocenters. The molecule has 7 heteroatoms. The van der Waals surface area contributed by atoms with E-state index in [0.29, 0.717) is 6.04 Å². The van der Waals surface area contributed by atoms with Crippen LogP contribution in [0.15, 0.2) is 29.4 Å². The smallest absolute Gasteiger partial charge is 0.101 e. The monoisotopic (exact) mass is 347 g/mol. The van der Waals surface area contributed by atoms with Crippen LogP contribution in [0.25, 0.3) is 10.4 Å². The Hall–Kier alpha value is -1.82. The summed E-state index contributed by atoms with van der Waals surface area (Å²) in [6.07, 6.45) is 3.37. The van der Waals surface area contributed by atoms with Gasteiger partial charge in [0.1, 0.15) is 6.67 Å². The number of benzene rings is 1. The number of halogens is 1. The van der Waals surface area contributed by atoms with Crippen molar-refractivity contribution in [2.75, 3.05) is 44.9 Å².